The first-order chi connectivity index (χ1) is 10.0. The topological polar surface area (TPSA) is 49.8 Å². The lowest BCUT2D eigenvalue weighted by Crippen LogP contribution is -2.50. The lowest BCUT2D eigenvalue weighted by Gasteiger charge is -2.43. The van der Waals surface area contributed by atoms with E-state index in [1.807, 2.05) is 25.1 Å². The fraction of sp³-hybridized carbons (Fsp3) is 0.438. The molecule has 0 saturated carbocycles. The minimum atomic E-state index is -0.672. The van der Waals surface area contributed by atoms with Gasteiger partial charge in [0.2, 0.25) is 0 Å². The molecule has 2 aliphatic rings. The van der Waals surface area contributed by atoms with E-state index < -0.39 is 11.6 Å². The molecule has 112 valence electrons. The molecule has 1 saturated heterocycles. The van der Waals surface area contributed by atoms with Crippen LogP contribution in [0.3, 0.4) is 0 Å². The lowest BCUT2D eigenvalue weighted by atomic mass is 9.83. The first kappa shape index (κ1) is 14.6. The average molecular weight is 308 g/mol. The zero-order valence-corrected chi connectivity index (χ0v) is 12.6. The first-order valence-corrected chi connectivity index (χ1v) is 7.45. The first-order valence-electron chi connectivity index (χ1n) is 7.07. The van der Waals surface area contributed by atoms with Crippen LogP contribution in [0, 0.1) is 0 Å². The van der Waals surface area contributed by atoms with Gasteiger partial charge in [-0.25, -0.2) is 4.79 Å². The smallest absolute Gasteiger partial charge is 0.350 e. The van der Waals surface area contributed by atoms with Crippen LogP contribution in [0.1, 0.15) is 24.9 Å². The van der Waals surface area contributed by atoms with Crippen molar-refractivity contribution in [1.82, 2.24) is 4.90 Å². The maximum absolute atomic E-state index is 11.8. The number of nitrogens with zero attached hydrogens (tertiary/aromatic N) is 1. The van der Waals surface area contributed by atoms with E-state index in [2.05, 4.69) is 17.0 Å². The van der Waals surface area contributed by atoms with Crippen molar-refractivity contribution in [2.24, 2.45) is 0 Å². The molecule has 1 aromatic rings. The third-order valence-corrected chi connectivity index (χ3v) is 4.70. The van der Waals surface area contributed by atoms with Crippen molar-refractivity contribution in [1.29, 1.82) is 0 Å². The summed E-state index contributed by atoms with van der Waals surface area (Å²) in [5.41, 5.74) is 1.36. The summed E-state index contributed by atoms with van der Waals surface area (Å²) in [6, 6.07) is 10.2. The Morgan fingerprint density at radius 2 is 2.14 bits per heavy atom. The van der Waals surface area contributed by atoms with Gasteiger partial charge in [-0.3, -0.25) is 4.90 Å². The number of piperidine rings is 1. The molecular formula is C16H18ClNO3. The molecule has 1 fully saturated rings. The maximum atomic E-state index is 11.8. The molecule has 0 aromatic heterocycles. The molecule has 4 nitrogen and oxygen atoms in total. The van der Waals surface area contributed by atoms with Crippen molar-refractivity contribution in [3.05, 3.63) is 46.5 Å². The molecule has 2 heterocycles. The van der Waals surface area contributed by atoms with Crippen LogP contribution in [0.15, 0.2) is 40.9 Å². The summed E-state index contributed by atoms with van der Waals surface area (Å²) in [5.74, 6) is -0.438. The van der Waals surface area contributed by atoms with Gasteiger partial charge in [0.1, 0.15) is 10.6 Å². The van der Waals surface area contributed by atoms with Gasteiger partial charge in [-0.1, -0.05) is 41.9 Å². The Labute approximate surface area is 129 Å². The van der Waals surface area contributed by atoms with Crippen molar-refractivity contribution in [2.75, 3.05) is 19.7 Å². The Morgan fingerprint density at radius 3 is 2.81 bits per heavy atom. The van der Waals surface area contributed by atoms with Crippen LogP contribution >= 0.6 is 11.6 Å². The van der Waals surface area contributed by atoms with Gasteiger partial charge in [-0.05, 0) is 18.9 Å². The van der Waals surface area contributed by atoms with Gasteiger partial charge in [0.05, 0.1) is 6.61 Å². The van der Waals surface area contributed by atoms with Gasteiger partial charge < -0.3 is 9.84 Å². The highest BCUT2D eigenvalue weighted by molar-refractivity contribution is 6.42. The Hall–Kier alpha value is -1.36. The van der Waals surface area contributed by atoms with Crippen LogP contribution < -0.4 is 0 Å². The van der Waals surface area contributed by atoms with E-state index in [0.29, 0.717) is 19.5 Å². The number of hydrogen-bond acceptors (Lipinski definition) is 4. The monoisotopic (exact) mass is 307 g/mol. The molecule has 1 N–H and O–H groups in total. The summed E-state index contributed by atoms with van der Waals surface area (Å²) in [6.07, 6.45) is 0.644. The average Bonchev–Trinajstić information content (AvgIpc) is 2.69. The predicted octanol–water partition coefficient (Wildman–Crippen LogP) is 2.23. The highest BCUT2D eigenvalue weighted by Crippen LogP contribution is 2.46. The molecule has 2 aliphatic heterocycles. The summed E-state index contributed by atoms with van der Waals surface area (Å²) in [4.78, 5) is 13.9. The molecular weight excluding hydrogens is 290 g/mol. The van der Waals surface area contributed by atoms with E-state index in [1.165, 1.54) is 0 Å². The van der Waals surface area contributed by atoms with Crippen molar-refractivity contribution >= 4 is 17.6 Å². The molecule has 0 radical (unpaired) electrons. The van der Waals surface area contributed by atoms with Crippen LogP contribution in [0.25, 0.3) is 0 Å². The third-order valence-electron chi connectivity index (χ3n) is 4.32. The SMILES string of the molecule is CC12CN(CCO)C(c3ccccc3)CC1=C(Cl)C(=O)O2. The van der Waals surface area contributed by atoms with E-state index in [9.17, 15) is 9.90 Å². The second-order valence-electron chi connectivity index (χ2n) is 5.74. The number of benzene rings is 1. The van der Waals surface area contributed by atoms with E-state index in [0.717, 1.165) is 11.1 Å². The van der Waals surface area contributed by atoms with Crippen molar-refractivity contribution < 1.29 is 14.6 Å². The summed E-state index contributed by atoms with van der Waals surface area (Å²) in [7, 11) is 0. The Balaban J connectivity index is 1.98. The Bertz CT molecular complexity index is 586. The van der Waals surface area contributed by atoms with E-state index in [4.69, 9.17) is 16.3 Å². The minimum absolute atomic E-state index is 0.0696. The number of esters is 1. The number of aliphatic hydroxyl groups is 1. The van der Waals surface area contributed by atoms with Crippen molar-refractivity contribution in [3.63, 3.8) is 0 Å². The molecule has 2 atom stereocenters. The number of likely N-dealkylation sites (tertiary alicyclic amines) is 1. The van der Waals surface area contributed by atoms with E-state index >= 15 is 0 Å². The zero-order valence-electron chi connectivity index (χ0n) is 11.9. The van der Waals surface area contributed by atoms with Gasteiger partial charge in [0.25, 0.3) is 0 Å². The van der Waals surface area contributed by atoms with Gasteiger partial charge in [-0.15, -0.1) is 0 Å². The van der Waals surface area contributed by atoms with Gasteiger partial charge in [0.15, 0.2) is 0 Å². The number of hydrogen-bond donors (Lipinski definition) is 1. The van der Waals surface area contributed by atoms with Crippen LogP contribution in [0.4, 0.5) is 0 Å². The number of fused-ring (bicyclic) bond motifs is 1. The molecule has 0 aliphatic carbocycles. The molecule has 0 spiro atoms. The molecule has 3 rings (SSSR count). The molecule has 1 aromatic carbocycles. The van der Waals surface area contributed by atoms with Crippen molar-refractivity contribution in [3.8, 4) is 0 Å². The predicted molar refractivity (Wildman–Crippen MR) is 79.8 cm³/mol. The number of carbonyl (C=O) groups is 1. The molecule has 21 heavy (non-hydrogen) atoms. The number of aliphatic hydroxyl groups excluding tert-OH is 1. The largest absolute Gasteiger partial charge is 0.449 e. The fourth-order valence-electron chi connectivity index (χ4n) is 3.29. The van der Waals surface area contributed by atoms with E-state index in [1.54, 1.807) is 0 Å². The number of rotatable bonds is 3. The van der Waals surface area contributed by atoms with Crippen LogP contribution in [0.2, 0.25) is 0 Å². The Kier molecular flexibility index (Phi) is 3.78. The summed E-state index contributed by atoms with van der Waals surface area (Å²) in [5, 5.41) is 9.55. The fourth-order valence-corrected chi connectivity index (χ4v) is 3.60. The van der Waals surface area contributed by atoms with Crippen molar-refractivity contribution in [2.45, 2.75) is 25.0 Å². The molecule has 0 bridgehead atoms. The summed E-state index contributed by atoms with van der Waals surface area (Å²) >= 11 is 6.14. The Morgan fingerprint density at radius 1 is 1.43 bits per heavy atom. The van der Waals surface area contributed by atoms with Crippen LogP contribution in [-0.2, 0) is 9.53 Å². The lowest BCUT2D eigenvalue weighted by molar-refractivity contribution is -0.148. The standard InChI is InChI=1S/C16H18ClNO3/c1-16-10-18(7-8-19)13(11-5-3-2-4-6-11)9-12(16)14(17)15(20)21-16/h2-6,13,19H,7-10H2,1H3. The molecule has 0 amide bonds. The maximum Gasteiger partial charge on any atom is 0.350 e. The summed E-state index contributed by atoms with van der Waals surface area (Å²) < 4.78 is 5.46. The number of halogens is 1. The van der Waals surface area contributed by atoms with Gasteiger partial charge in [-0.2, -0.15) is 0 Å². The van der Waals surface area contributed by atoms with Gasteiger partial charge in [0, 0.05) is 24.7 Å². The van der Waals surface area contributed by atoms with Gasteiger partial charge >= 0.3 is 5.97 Å². The highest BCUT2D eigenvalue weighted by Gasteiger charge is 2.49. The molecule has 5 heteroatoms. The normalized spacial score (nSPS) is 29.5. The third kappa shape index (κ3) is 2.48. The summed E-state index contributed by atoms with van der Waals surface area (Å²) in [6.45, 7) is 3.04. The van der Waals surface area contributed by atoms with E-state index in [-0.39, 0.29) is 17.7 Å². The quantitative estimate of drug-likeness (QED) is 0.870. The minimum Gasteiger partial charge on any atom is -0.449 e. The second kappa shape index (κ2) is 5.44. The number of β-amino-alcohol motifs (C(OH)–C–C–N with tert-alkyl or cyclic N) is 1. The van der Waals surface area contributed by atoms with Crippen LogP contribution in [0.5, 0.6) is 0 Å². The number of ether oxygens (including phenoxy) is 1. The number of carbonyl (C=O) groups excluding carboxylic acids is 1. The second-order valence-corrected chi connectivity index (χ2v) is 6.12. The van der Waals surface area contributed by atoms with Crippen LogP contribution in [-0.4, -0.2) is 41.3 Å². The molecule has 2 unspecified atom stereocenters. The zero-order chi connectivity index (χ0) is 15.0. The highest BCUT2D eigenvalue weighted by atomic mass is 35.5.